The van der Waals surface area contributed by atoms with Crippen molar-refractivity contribution in [3.8, 4) is 0 Å². The zero-order valence-electron chi connectivity index (χ0n) is 10.3. The molecular formula is C13H22O4. The van der Waals surface area contributed by atoms with Gasteiger partial charge in [0.05, 0.1) is 0 Å². The first kappa shape index (κ1) is 12.8. The van der Waals surface area contributed by atoms with Gasteiger partial charge in [-0.3, -0.25) is 0 Å². The van der Waals surface area contributed by atoms with Crippen molar-refractivity contribution in [3.05, 3.63) is 0 Å². The SMILES string of the molecule is O=C(O)[C@@H](OC1CCCCO1)C1CCCCC1. The fourth-order valence-electron chi connectivity index (χ4n) is 2.79. The maximum atomic E-state index is 11.3. The average Bonchev–Trinajstić information content (AvgIpc) is 2.38. The summed E-state index contributed by atoms with van der Waals surface area (Å²) in [6, 6.07) is 0. The summed E-state index contributed by atoms with van der Waals surface area (Å²) in [7, 11) is 0. The van der Waals surface area contributed by atoms with Crippen LogP contribution in [0.2, 0.25) is 0 Å². The van der Waals surface area contributed by atoms with Crippen molar-refractivity contribution in [2.24, 2.45) is 5.92 Å². The molecule has 1 aliphatic carbocycles. The number of ether oxygens (including phenoxy) is 2. The van der Waals surface area contributed by atoms with Gasteiger partial charge in [-0.05, 0) is 38.0 Å². The monoisotopic (exact) mass is 242 g/mol. The highest BCUT2D eigenvalue weighted by Gasteiger charge is 2.33. The van der Waals surface area contributed by atoms with Gasteiger partial charge in [-0.1, -0.05) is 19.3 Å². The molecule has 0 aromatic heterocycles. The Bertz CT molecular complexity index is 242. The summed E-state index contributed by atoms with van der Waals surface area (Å²) < 4.78 is 11.1. The van der Waals surface area contributed by atoms with E-state index in [4.69, 9.17) is 9.47 Å². The molecule has 0 amide bonds. The van der Waals surface area contributed by atoms with Gasteiger partial charge in [0, 0.05) is 6.61 Å². The van der Waals surface area contributed by atoms with Crippen molar-refractivity contribution >= 4 is 5.97 Å². The predicted molar refractivity (Wildman–Crippen MR) is 62.7 cm³/mol. The third-order valence-electron chi connectivity index (χ3n) is 3.76. The van der Waals surface area contributed by atoms with Crippen LogP contribution < -0.4 is 0 Å². The first-order valence-electron chi connectivity index (χ1n) is 6.77. The molecule has 0 aromatic rings. The molecule has 1 heterocycles. The van der Waals surface area contributed by atoms with Crippen molar-refractivity contribution < 1.29 is 19.4 Å². The summed E-state index contributed by atoms with van der Waals surface area (Å²) >= 11 is 0. The van der Waals surface area contributed by atoms with Crippen LogP contribution in [0.25, 0.3) is 0 Å². The molecular weight excluding hydrogens is 220 g/mol. The number of rotatable bonds is 4. The molecule has 1 unspecified atom stereocenters. The average molecular weight is 242 g/mol. The summed E-state index contributed by atoms with van der Waals surface area (Å²) in [4.78, 5) is 11.3. The molecule has 2 fully saturated rings. The Balaban J connectivity index is 1.88. The van der Waals surface area contributed by atoms with Gasteiger partial charge in [-0.2, -0.15) is 0 Å². The number of carbonyl (C=O) groups is 1. The molecule has 2 aliphatic rings. The highest BCUT2D eigenvalue weighted by molar-refractivity contribution is 5.72. The van der Waals surface area contributed by atoms with Gasteiger partial charge in [0.15, 0.2) is 12.4 Å². The van der Waals surface area contributed by atoms with E-state index in [9.17, 15) is 9.90 Å². The van der Waals surface area contributed by atoms with Crippen LogP contribution in [0.3, 0.4) is 0 Å². The summed E-state index contributed by atoms with van der Waals surface area (Å²) in [5, 5.41) is 9.28. The van der Waals surface area contributed by atoms with E-state index in [1.54, 1.807) is 0 Å². The number of carboxylic acid groups (broad SMARTS) is 1. The highest BCUT2D eigenvalue weighted by atomic mass is 16.7. The van der Waals surface area contributed by atoms with Crippen LogP contribution in [-0.4, -0.2) is 30.1 Å². The molecule has 0 spiro atoms. The van der Waals surface area contributed by atoms with Crippen LogP contribution in [-0.2, 0) is 14.3 Å². The Morgan fingerprint density at radius 2 is 1.82 bits per heavy atom. The maximum Gasteiger partial charge on any atom is 0.333 e. The summed E-state index contributed by atoms with van der Waals surface area (Å²) in [5.41, 5.74) is 0. The van der Waals surface area contributed by atoms with Gasteiger partial charge in [-0.15, -0.1) is 0 Å². The van der Waals surface area contributed by atoms with Gasteiger partial charge in [0.25, 0.3) is 0 Å². The van der Waals surface area contributed by atoms with Crippen molar-refractivity contribution in [2.45, 2.75) is 63.8 Å². The van der Waals surface area contributed by atoms with Gasteiger partial charge < -0.3 is 14.6 Å². The van der Waals surface area contributed by atoms with Crippen LogP contribution in [0.1, 0.15) is 51.4 Å². The normalized spacial score (nSPS) is 28.8. The molecule has 1 aliphatic heterocycles. The van der Waals surface area contributed by atoms with Gasteiger partial charge in [-0.25, -0.2) is 4.79 Å². The van der Waals surface area contributed by atoms with E-state index in [0.29, 0.717) is 6.61 Å². The van der Waals surface area contributed by atoms with Crippen molar-refractivity contribution in [1.82, 2.24) is 0 Å². The lowest BCUT2D eigenvalue weighted by Gasteiger charge is -2.31. The number of carboxylic acids is 1. The molecule has 1 N–H and O–H groups in total. The summed E-state index contributed by atoms with van der Waals surface area (Å²) in [5.74, 6) is -0.655. The van der Waals surface area contributed by atoms with E-state index < -0.39 is 12.1 Å². The molecule has 0 aromatic carbocycles. The molecule has 98 valence electrons. The first-order chi connectivity index (χ1) is 8.27. The Hall–Kier alpha value is -0.610. The fraction of sp³-hybridized carbons (Fsp3) is 0.923. The summed E-state index contributed by atoms with van der Waals surface area (Å²) in [6.07, 6.45) is 7.42. The third-order valence-corrected chi connectivity index (χ3v) is 3.76. The number of aliphatic carboxylic acids is 1. The van der Waals surface area contributed by atoms with Crippen molar-refractivity contribution in [2.75, 3.05) is 6.61 Å². The van der Waals surface area contributed by atoms with Crippen molar-refractivity contribution in [1.29, 1.82) is 0 Å². The second-order valence-corrected chi connectivity index (χ2v) is 5.09. The summed E-state index contributed by atoms with van der Waals surface area (Å²) in [6.45, 7) is 0.696. The Morgan fingerprint density at radius 3 is 2.41 bits per heavy atom. The lowest BCUT2D eigenvalue weighted by Crippen LogP contribution is -2.38. The molecule has 2 atom stereocenters. The predicted octanol–water partition coefficient (Wildman–Crippen LogP) is 2.56. The topological polar surface area (TPSA) is 55.8 Å². The maximum absolute atomic E-state index is 11.3. The third kappa shape index (κ3) is 3.68. The minimum absolute atomic E-state index is 0.173. The minimum atomic E-state index is -0.828. The molecule has 2 rings (SSSR count). The standard InChI is InChI=1S/C13H22O4/c14-13(15)12(10-6-2-1-3-7-10)17-11-8-4-5-9-16-11/h10-12H,1-9H2,(H,14,15)/t11?,12-/m0/s1. The zero-order valence-corrected chi connectivity index (χ0v) is 10.3. The van der Waals surface area contributed by atoms with E-state index >= 15 is 0 Å². The van der Waals surface area contributed by atoms with Gasteiger partial charge in [0.2, 0.25) is 0 Å². The van der Waals surface area contributed by atoms with Crippen molar-refractivity contribution in [3.63, 3.8) is 0 Å². The molecule has 4 nitrogen and oxygen atoms in total. The van der Waals surface area contributed by atoms with E-state index in [2.05, 4.69) is 0 Å². The second-order valence-electron chi connectivity index (χ2n) is 5.09. The van der Waals surface area contributed by atoms with Gasteiger partial charge in [0.1, 0.15) is 0 Å². The molecule has 0 radical (unpaired) electrons. The minimum Gasteiger partial charge on any atom is -0.479 e. The van der Waals surface area contributed by atoms with Crippen LogP contribution in [0.4, 0.5) is 0 Å². The number of hydrogen-bond acceptors (Lipinski definition) is 3. The lowest BCUT2D eigenvalue weighted by atomic mass is 9.85. The molecule has 1 saturated carbocycles. The van der Waals surface area contributed by atoms with E-state index in [-0.39, 0.29) is 12.2 Å². The zero-order chi connectivity index (χ0) is 12.1. The molecule has 17 heavy (non-hydrogen) atoms. The Labute approximate surface area is 102 Å². The van der Waals surface area contributed by atoms with E-state index in [1.165, 1.54) is 6.42 Å². The quantitative estimate of drug-likeness (QED) is 0.823. The van der Waals surface area contributed by atoms with Crippen LogP contribution in [0, 0.1) is 5.92 Å². The largest absolute Gasteiger partial charge is 0.479 e. The lowest BCUT2D eigenvalue weighted by molar-refractivity contribution is -0.210. The molecule has 1 saturated heterocycles. The molecule has 4 heteroatoms. The van der Waals surface area contributed by atoms with Crippen LogP contribution in [0.15, 0.2) is 0 Å². The van der Waals surface area contributed by atoms with E-state index in [1.807, 2.05) is 0 Å². The Morgan fingerprint density at radius 1 is 1.12 bits per heavy atom. The number of hydrogen-bond donors (Lipinski definition) is 1. The first-order valence-corrected chi connectivity index (χ1v) is 6.77. The van der Waals surface area contributed by atoms with Gasteiger partial charge >= 0.3 is 5.97 Å². The Kier molecular flexibility index (Phi) is 4.80. The smallest absolute Gasteiger partial charge is 0.333 e. The molecule has 0 bridgehead atoms. The fourth-order valence-corrected chi connectivity index (χ4v) is 2.79. The highest BCUT2D eigenvalue weighted by Crippen LogP contribution is 2.30. The van der Waals surface area contributed by atoms with Crippen LogP contribution in [0.5, 0.6) is 0 Å². The van der Waals surface area contributed by atoms with Crippen LogP contribution >= 0.6 is 0 Å². The second kappa shape index (κ2) is 6.36. The van der Waals surface area contributed by atoms with E-state index in [0.717, 1.165) is 44.9 Å².